The number of ether oxygens (including phenoxy) is 1. The predicted molar refractivity (Wildman–Crippen MR) is 80.3 cm³/mol. The van der Waals surface area contributed by atoms with E-state index in [1.807, 2.05) is 19.1 Å². The fourth-order valence-electron chi connectivity index (χ4n) is 2.05. The minimum Gasteiger partial charge on any atom is -0.460 e. The number of anilines is 1. The van der Waals surface area contributed by atoms with Gasteiger partial charge in [-0.05, 0) is 25.5 Å². The third kappa shape index (κ3) is 3.42. The van der Waals surface area contributed by atoms with Gasteiger partial charge in [-0.25, -0.2) is 4.79 Å². The van der Waals surface area contributed by atoms with E-state index in [2.05, 4.69) is 5.32 Å². The zero-order valence-corrected chi connectivity index (χ0v) is 12.3. The molecule has 0 saturated heterocycles. The summed E-state index contributed by atoms with van der Waals surface area (Å²) in [6.07, 6.45) is 2.15. The van der Waals surface area contributed by atoms with Gasteiger partial charge in [-0.1, -0.05) is 25.5 Å². The molecule has 0 spiro atoms. The van der Waals surface area contributed by atoms with Gasteiger partial charge in [0.25, 0.3) is 0 Å². The number of benzene rings is 1. The second-order valence-electron chi connectivity index (χ2n) is 4.67. The largest absolute Gasteiger partial charge is 0.460 e. The van der Waals surface area contributed by atoms with Gasteiger partial charge in [0.2, 0.25) is 11.7 Å². The Kier molecular flexibility index (Phi) is 4.98. The van der Waals surface area contributed by atoms with Crippen LogP contribution >= 0.6 is 0 Å². The lowest BCUT2D eigenvalue weighted by Gasteiger charge is -2.05. The first-order chi connectivity index (χ1) is 10.2. The molecule has 0 aliphatic heterocycles. The Morgan fingerprint density at radius 2 is 2.00 bits per heavy atom. The molecule has 1 aromatic carbocycles. The molecule has 0 unspecified atom stereocenters. The highest BCUT2D eigenvalue weighted by Crippen LogP contribution is 2.31. The van der Waals surface area contributed by atoms with E-state index in [4.69, 9.17) is 9.15 Å². The molecular formula is C16H19NO4. The summed E-state index contributed by atoms with van der Waals surface area (Å²) in [5.41, 5.74) is 0.941. The zero-order chi connectivity index (χ0) is 15.2. The van der Waals surface area contributed by atoms with Crippen LogP contribution in [0.4, 0.5) is 5.69 Å². The number of carbonyl (C=O) groups is 2. The summed E-state index contributed by atoms with van der Waals surface area (Å²) in [7, 11) is 0. The summed E-state index contributed by atoms with van der Waals surface area (Å²) in [5, 5.41) is 3.47. The van der Waals surface area contributed by atoms with Gasteiger partial charge in [-0.3, -0.25) is 4.79 Å². The number of para-hydroxylation sites is 1. The average Bonchev–Trinajstić information content (AvgIpc) is 2.84. The third-order valence-electron chi connectivity index (χ3n) is 3.08. The van der Waals surface area contributed by atoms with Crippen LogP contribution < -0.4 is 5.32 Å². The van der Waals surface area contributed by atoms with Crippen LogP contribution in [0.2, 0.25) is 0 Å². The number of unbranched alkanes of at least 4 members (excludes halogenated alkanes) is 1. The Balaban J connectivity index is 2.36. The van der Waals surface area contributed by atoms with Gasteiger partial charge in [-0.2, -0.15) is 0 Å². The van der Waals surface area contributed by atoms with Crippen LogP contribution in [0.25, 0.3) is 11.0 Å². The van der Waals surface area contributed by atoms with Crippen LogP contribution in [-0.2, 0) is 9.53 Å². The number of fused-ring (bicyclic) bond motifs is 1. The van der Waals surface area contributed by atoms with Crippen molar-refractivity contribution < 1.29 is 18.7 Å². The van der Waals surface area contributed by atoms with Crippen LogP contribution in [0.15, 0.2) is 28.7 Å². The molecule has 0 aliphatic carbocycles. The lowest BCUT2D eigenvalue weighted by Crippen LogP contribution is -2.14. The minimum absolute atomic E-state index is 0.0444. The zero-order valence-electron chi connectivity index (χ0n) is 12.3. The van der Waals surface area contributed by atoms with Crippen molar-refractivity contribution in [1.29, 1.82) is 0 Å². The van der Waals surface area contributed by atoms with Crippen LogP contribution in [0, 0.1) is 0 Å². The Hall–Kier alpha value is -2.30. The Morgan fingerprint density at radius 1 is 1.24 bits per heavy atom. The molecule has 0 atom stereocenters. The van der Waals surface area contributed by atoms with Crippen molar-refractivity contribution in [2.75, 3.05) is 11.9 Å². The predicted octanol–water partition coefficient (Wildman–Crippen LogP) is 3.74. The SMILES string of the molecule is CCCCC(=O)Nc1c(C(=O)OCC)oc2ccccc12. The van der Waals surface area contributed by atoms with Gasteiger partial charge < -0.3 is 14.5 Å². The fourth-order valence-corrected chi connectivity index (χ4v) is 2.05. The van der Waals surface area contributed by atoms with Crippen molar-refractivity contribution in [3.8, 4) is 0 Å². The first kappa shape index (κ1) is 15.1. The van der Waals surface area contributed by atoms with Gasteiger partial charge in [0, 0.05) is 11.8 Å². The smallest absolute Gasteiger partial charge is 0.376 e. The van der Waals surface area contributed by atoms with E-state index in [0.29, 0.717) is 23.1 Å². The molecule has 1 aromatic heterocycles. The molecule has 112 valence electrons. The molecule has 5 nitrogen and oxygen atoms in total. The quantitative estimate of drug-likeness (QED) is 0.822. The maximum absolute atomic E-state index is 12.0. The van der Waals surface area contributed by atoms with E-state index in [-0.39, 0.29) is 18.3 Å². The highest BCUT2D eigenvalue weighted by molar-refractivity contribution is 6.09. The van der Waals surface area contributed by atoms with Crippen LogP contribution in [0.1, 0.15) is 43.7 Å². The van der Waals surface area contributed by atoms with Crippen molar-refractivity contribution >= 4 is 28.5 Å². The van der Waals surface area contributed by atoms with Crippen molar-refractivity contribution in [3.05, 3.63) is 30.0 Å². The molecule has 0 aliphatic rings. The fraction of sp³-hybridized carbons (Fsp3) is 0.375. The van der Waals surface area contributed by atoms with Crippen molar-refractivity contribution in [1.82, 2.24) is 0 Å². The van der Waals surface area contributed by atoms with E-state index >= 15 is 0 Å². The first-order valence-corrected chi connectivity index (χ1v) is 7.15. The highest BCUT2D eigenvalue weighted by Gasteiger charge is 2.22. The van der Waals surface area contributed by atoms with Gasteiger partial charge in [0.1, 0.15) is 11.3 Å². The highest BCUT2D eigenvalue weighted by atomic mass is 16.5. The minimum atomic E-state index is -0.570. The second kappa shape index (κ2) is 6.92. The van der Waals surface area contributed by atoms with Crippen LogP contribution in [-0.4, -0.2) is 18.5 Å². The monoisotopic (exact) mass is 289 g/mol. The summed E-state index contributed by atoms with van der Waals surface area (Å²) < 4.78 is 10.5. The van der Waals surface area contributed by atoms with Gasteiger partial charge >= 0.3 is 5.97 Å². The molecule has 21 heavy (non-hydrogen) atoms. The Bertz CT molecular complexity index is 645. The number of carbonyl (C=O) groups excluding carboxylic acids is 2. The molecule has 1 heterocycles. The molecule has 2 rings (SSSR count). The standard InChI is InChI=1S/C16H19NO4/c1-3-5-10-13(18)17-14-11-8-6-7-9-12(11)21-15(14)16(19)20-4-2/h6-9H,3-5,10H2,1-2H3,(H,17,18). The summed E-state index contributed by atoms with van der Waals surface area (Å²) in [4.78, 5) is 23.9. The van der Waals surface area contributed by atoms with Crippen LogP contribution in [0.3, 0.4) is 0 Å². The molecule has 0 saturated carbocycles. The summed E-state index contributed by atoms with van der Waals surface area (Å²) >= 11 is 0. The van der Waals surface area contributed by atoms with Crippen molar-refractivity contribution in [2.45, 2.75) is 33.1 Å². The molecular weight excluding hydrogens is 270 g/mol. The number of nitrogens with one attached hydrogen (secondary N) is 1. The summed E-state index contributed by atoms with van der Waals surface area (Å²) in [6.45, 7) is 3.99. The number of rotatable bonds is 6. The van der Waals surface area contributed by atoms with Gasteiger partial charge in [0.15, 0.2) is 0 Å². The molecule has 5 heteroatoms. The van der Waals surface area contributed by atoms with E-state index in [0.717, 1.165) is 12.8 Å². The first-order valence-electron chi connectivity index (χ1n) is 7.15. The maximum atomic E-state index is 12.0. The molecule has 1 N–H and O–H groups in total. The maximum Gasteiger partial charge on any atom is 0.376 e. The summed E-state index contributed by atoms with van der Waals surface area (Å²) in [5.74, 6) is -0.656. The number of amides is 1. The molecule has 0 radical (unpaired) electrons. The van der Waals surface area contributed by atoms with E-state index in [1.54, 1.807) is 19.1 Å². The lowest BCUT2D eigenvalue weighted by molar-refractivity contribution is -0.116. The van der Waals surface area contributed by atoms with E-state index < -0.39 is 5.97 Å². The molecule has 2 aromatic rings. The van der Waals surface area contributed by atoms with Gasteiger partial charge in [0.05, 0.1) is 6.61 Å². The number of hydrogen-bond donors (Lipinski definition) is 1. The number of esters is 1. The van der Waals surface area contributed by atoms with Crippen molar-refractivity contribution in [2.24, 2.45) is 0 Å². The van der Waals surface area contributed by atoms with E-state index in [9.17, 15) is 9.59 Å². The number of hydrogen-bond acceptors (Lipinski definition) is 4. The van der Waals surface area contributed by atoms with Crippen molar-refractivity contribution in [3.63, 3.8) is 0 Å². The molecule has 0 fully saturated rings. The molecule has 1 amide bonds. The van der Waals surface area contributed by atoms with E-state index in [1.165, 1.54) is 0 Å². The third-order valence-corrected chi connectivity index (χ3v) is 3.08. The molecule has 0 bridgehead atoms. The lowest BCUT2D eigenvalue weighted by atomic mass is 10.2. The topological polar surface area (TPSA) is 68.5 Å². The van der Waals surface area contributed by atoms with Gasteiger partial charge in [-0.15, -0.1) is 0 Å². The normalized spacial score (nSPS) is 10.6. The number of furan rings is 1. The summed E-state index contributed by atoms with van der Waals surface area (Å²) in [6, 6.07) is 7.19. The van der Waals surface area contributed by atoms with Crippen LogP contribution in [0.5, 0.6) is 0 Å². The second-order valence-corrected chi connectivity index (χ2v) is 4.67. The average molecular weight is 289 g/mol. The Labute approximate surface area is 123 Å². The Morgan fingerprint density at radius 3 is 2.71 bits per heavy atom.